The SMILES string of the molecule is CCc1ccc(CN(C)C(=O)C2CC2c2ccccc2F)cc1. The largest absolute Gasteiger partial charge is 0.341 e. The Morgan fingerprint density at radius 3 is 2.43 bits per heavy atom. The minimum Gasteiger partial charge on any atom is -0.341 e. The molecule has 0 bridgehead atoms. The predicted molar refractivity (Wildman–Crippen MR) is 89.5 cm³/mol. The summed E-state index contributed by atoms with van der Waals surface area (Å²) in [6, 6.07) is 15.1. The van der Waals surface area contributed by atoms with Crippen molar-refractivity contribution in [3.8, 4) is 0 Å². The lowest BCUT2D eigenvalue weighted by molar-refractivity contribution is -0.131. The van der Waals surface area contributed by atoms with Crippen LogP contribution in [0.3, 0.4) is 0 Å². The zero-order chi connectivity index (χ0) is 16.4. The molecule has 1 aliphatic rings. The number of carbonyl (C=O) groups is 1. The van der Waals surface area contributed by atoms with Gasteiger partial charge in [0.25, 0.3) is 0 Å². The average molecular weight is 311 g/mol. The summed E-state index contributed by atoms with van der Waals surface area (Å²) in [6.07, 6.45) is 1.76. The van der Waals surface area contributed by atoms with Gasteiger partial charge in [-0.3, -0.25) is 4.79 Å². The summed E-state index contributed by atoms with van der Waals surface area (Å²) >= 11 is 0. The Hall–Kier alpha value is -2.16. The molecule has 0 N–H and O–H groups in total. The lowest BCUT2D eigenvalue weighted by Gasteiger charge is -2.17. The summed E-state index contributed by atoms with van der Waals surface area (Å²) in [5.41, 5.74) is 3.09. The van der Waals surface area contributed by atoms with Crippen molar-refractivity contribution in [1.82, 2.24) is 4.90 Å². The van der Waals surface area contributed by atoms with Gasteiger partial charge >= 0.3 is 0 Å². The molecule has 3 rings (SSSR count). The maximum absolute atomic E-state index is 13.8. The van der Waals surface area contributed by atoms with E-state index >= 15 is 0 Å². The first-order valence-corrected chi connectivity index (χ1v) is 8.17. The van der Waals surface area contributed by atoms with Crippen LogP contribution in [0.5, 0.6) is 0 Å². The molecular weight excluding hydrogens is 289 g/mol. The van der Waals surface area contributed by atoms with E-state index in [-0.39, 0.29) is 23.6 Å². The highest BCUT2D eigenvalue weighted by Crippen LogP contribution is 2.49. The van der Waals surface area contributed by atoms with Crippen LogP contribution < -0.4 is 0 Å². The van der Waals surface area contributed by atoms with Crippen LogP contribution in [0.1, 0.15) is 36.0 Å². The molecule has 1 saturated carbocycles. The molecule has 2 nitrogen and oxygen atoms in total. The first kappa shape index (κ1) is 15.7. The number of benzene rings is 2. The van der Waals surface area contributed by atoms with E-state index in [1.165, 1.54) is 11.6 Å². The zero-order valence-electron chi connectivity index (χ0n) is 13.6. The Morgan fingerprint density at radius 2 is 1.78 bits per heavy atom. The molecule has 2 aromatic rings. The molecule has 0 saturated heterocycles. The second-order valence-corrected chi connectivity index (χ2v) is 6.33. The summed E-state index contributed by atoms with van der Waals surface area (Å²) in [4.78, 5) is 14.3. The van der Waals surface area contributed by atoms with Gasteiger partial charge in [-0.05, 0) is 41.5 Å². The van der Waals surface area contributed by atoms with Gasteiger partial charge in [0.2, 0.25) is 5.91 Å². The number of carbonyl (C=O) groups excluding carboxylic acids is 1. The fourth-order valence-electron chi connectivity index (χ4n) is 3.10. The molecule has 1 fully saturated rings. The summed E-state index contributed by atoms with van der Waals surface area (Å²) < 4.78 is 13.8. The fraction of sp³-hybridized carbons (Fsp3) is 0.350. The lowest BCUT2D eigenvalue weighted by atomic mass is 10.1. The summed E-state index contributed by atoms with van der Waals surface area (Å²) in [5, 5.41) is 0. The van der Waals surface area contributed by atoms with Crippen LogP contribution in [-0.2, 0) is 17.8 Å². The number of hydrogen-bond acceptors (Lipinski definition) is 1. The number of hydrogen-bond donors (Lipinski definition) is 0. The van der Waals surface area contributed by atoms with E-state index in [2.05, 4.69) is 31.2 Å². The Bertz CT molecular complexity index is 695. The molecule has 3 heteroatoms. The molecule has 2 atom stereocenters. The van der Waals surface area contributed by atoms with Crippen molar-refractivity contribution in [1.29, 1.82) is 0 Å². The molecule has 1 amide bonds. The van der Waals surface area contributed by atoms with Crippen molar-refractivity contribution in [2.24, 2.45) is 5.92 Å². The van der Waals surface area contributed by atoms with Crippen molar-refractivity contribution >= 4 is 5.91 Å². The topological polar surface area (TPSA) is 20.3 Å². The van der Waals surface area contributed by atoms with Gasteiger partial charge in [-0.15, -0.1) is 0 Å². The van der Waals surface area contributed by atoms with Crippen LogP contribution in [0.15, 0.2) is 48.5 Å². The van der Waals surface area contributed by atoms with Crippen LogP contribution in [-0.4, -0.2) is 17.9 Å². The van der Waals surface area contributed by atoms with Crippen molar-refractivity contribution in [3.63, 3.8) is 0 Å². The highest BCUT2D eigenvalue weighted by molar-refractivity contribution is 5.82. The third kappa shape index (κ3) is 3.44. The quantitative estimate of drug-likeness (QED) is 0.812. The van der Waals surface area contributed by atoms with E-state index in [9.17, 15) is 9.18 Å². The normalized spacial score (nSPS) is 19.4. The molecule has 0 heterocycles. The van der Waals surface area contributed by atoms with Gasteiger partial charge in [-0.25, -0.2) is 4.39 Å². The van der Waals surface area contributed by atoms with Crippen molar-refractivity contribution in [3.05, 3.63) is 71.0 Å². The Labute approximate surface area is 136 Å². The van der Waals surface area contributed by atoms with Gasteiger partial charge in [0.05, 0.1) is 0 Å². The number of rotatable bonds is 5. The maximum atomic E-state index is 13.8. The molecule has 1 aliphatic carbocycles. The average Bonchev–Trinajstić information content (AvgIpc) is 3.35. The minimum atomic E-state index is -0.203. The monoisotopic (exact) mass is 311 g/mol. The molecule has 2 aromatic carbocycles. The highest BCUT2D eigenvalue weighted by Gasteiger charge is 2.46. The fourth-order valence-corrected chi connectivity index (χ4v) is 3.10. The third-order valence-corrected chi connectivity index (χ3v) is 4.64. The lowest BCUT2D eigenvalue weighted by Crippen LogP contribution is -2.28. The van der Waals surface area contributed by atoms with Crippen molar-refractivity contribution < 1.29 is 9.18 Å². The van der Waals surface area contributed by atoms with Crippen LogP contribution in [0.4, 0.5) is 4.39 Å². The van der Waals surface area contributed by atoms with Gasteiger partial charge in [0.1, 0.15) is 5.82 Å². The molecule has 120 valence electrons. The maximum Gasteiger partial charge on any atom is 0.226 e. The smallest absolute Gasteiger partial charge is 0.226 e. The number of halogens is 1. The minimum absolute atomic E-state index is 0.0358. The van der Waals surface area contributed by atoms with Crippen LogP contribution in [0.25, 0.3) is 0 Å². The van der Waals surface area contributed by atoms with Gasteiger partial charge in [0, 0.05) is 19.5 Å². The summed E-state index contributed by atoms with van der Waals surface area (Å²) in [5.74, 6) is -0.135. The number of amides is 1. The van der Waals surface area contributed by atoms with Gasteiger partial charge in [0.15, 0.2) is 0 Å². The van der Waals surface area contributed by atoms with E-state index in [0.717, 1.165) is 18.4 Å². The first-order chi connectivity index (χ1) is 11.1. The number of aryl methyl sites for hydroxylation is 1. The van der Waals surface area contributed by atoms with E-state index in [4.69, 9.17) is 0 Å². The van der Waals surface area contributed by atoms with E-state index < -0.39 is 0 Å². The number of nitrogens with zero attached hydrogens (tertiary/aromatic N) is 1. The van der Waals surface area contributed by atoms with E-state index in [1.807, 2.05) is 13.1 Å². The second-order valence-electron chi connectivity index (χ2n) is 6.33. The molecule has 2 unspecified atom stereocenters. The van der Waals surface area contributed by atoms with Crippen molar-refractivity contribution in [2.45, 2.75) is 32.2 Å². The summed E-state index contributed by atoms with van der Waals surface area (Å²) in [7, 11) is 1.83. The van der Waals surface area contributed by atoms with Gasteiger partial charge < -0.3 is 4.90 Å². The van der Waals surface area contributed by atoms with Crippen molar-refractivity contribution in [2.75, 3.05) is 7.05 Å². The molecular formula is C20H22FNO. The highest BCUT2D eigenvalue weighted by atomic mass is 19.1. The van der Waals surface area contributed by atoms with Crippen LogP contribution in [0, 0.1) is 11.7 Å². The molecule has 0 radical (unpaired) electrons. The standard InChI is InChI=1S/C20H22FNO/c1-3-14-8-10-15(11-9-14)13-22(2)20(23)18-12-17(18)16-6-4-5-7-19(16)21/h4-11,17-18H,3,12-13H2,1-2H3. The summed E-state index contributed by atoms with van der Waals surface area (Å²) in [6.45, 7) is 2.73. The zero-order valence-corrected chi connectivity index (χ0v) is 13.6. The predicted octanol–water partition coefficient (Wildman–Crippen LogP) is 4.15. The van der Waals surface area contributed by atoms with Crippen LogP contribution in [0.2, 0.25) is 0 Å². The third-order valence-electron chi connectivity index (χ3n) is 4.64. The van der Waals surface area contributed by atoms with Gasteiger partial charge in [-0.1, -0.05) is 49.4 Å². The molecule has 23 heavy (non-hydrogen) atoms. The second kappa shape index (κ2) is 6.53. The van der Waals surface area contributed by atoms with Crippen LogP contribution >= 0.6 is 0 Å². The van der Waals surface area contributed by atoms with Gasteiger partial charge in [-0.2, -0.15) is 0 Å². The van der Waals surface area contributed by atoms with E-state index in [1.54, 1.807) is 17.0 Å². The molecule has 0 aliphatic heterocycles. The Balaban J connectivity index is 1.61. The molecule has 0 spiro atoms. The van der Waals surface area contributed by atoms with E-state index in [0.29, 0.717) is 12.1 Å². The molecule has 0 aromatic heterocycles. The Morgan fingerprint density at radius 1 is 1.13 bits per heavy atom. The Kier molecular flexibility index (Phi) is 4.46. The first-order valence-electron chi connectivity index (χ1n) is 8.17.